The van der Waals surface area contributed by atoms with Gasteiger partial charge in [-0.15, -0.1) is 0 Å². The lowest BCUT2D eigenvalue weighted by molar-refractivity contribution is 0.0528. The first-order valence-electron chi connectivity index (χ1n) is 5.78. The summed E-state index contributed by atoms with van der Waals surface area (Å²) in [5.41, 5.74) is 2.51. The molecule has 0 unspecified atom stereocenters. The van der Waals surface area contributed by atoms with Crippen molar-refractivity contribution < 1.29 is 9.53 Å². The van der Waals surface area contributed by atoms with Crippen molar-refractivity contribution in [3.8, 4) is 0 Å². The first kappa shape index (κ1) is 11.6. The normalized spacial score (nSPS) is 11.1. The molecule has 2 heterocycles. The molecular formula is C13H16N2O2. The van der Waals surface area contributed by atoms with Gasteiger partial charge in [-0.2, -0.15) is 5.10 Å². The van der Waals surface area contributed by atoms with Crippen molar-refractivity contribution in [1.82, 2.24) is 9.61 Å². The second-order valence-corrected chi connectivity index (χ2v) is 4.22. The lowest BCUT2D eigenvalue weighted by Gasteiger charge is -2.06. The fourth-order valence-corrected chi connectivity index (χ4v) is 1.72. The fraction of sp³-hybridized carbons (Fsp3) is 0.385. The van der Waals surface area contributed by atoms with Gasteiger partial charge in [-0.25, -0.2) is 9.31 Å². The molecule has 0 spiro atoms. The predicted octanol–water partition coefficient (Wildman–Crippen LogP) is 2.63. The van der Waals surface area contributed by atoms with E-state index >= 15 is 0 Å². The third-order valence-corrected chi connectivity index (χ3v) is 2.71. The van der Waals surface area contributed by atoms with Crippen molar-refractivity contribution in [2.24, 2.45) is 0 Å². The molecule has 90 valence electrons. The van der Waals surface area contributed by atoms with E-state index in [0.29, 0.717) is 18.1 Å². The molecule has 0 radical (unpaired) electrons. The summed E-state index contributed by atoms with van der Waals surface area (Å²) in [7, 11) is 0. The Morgan fingerprint density at radius 1 is 1.53 bits per heavy atom. The lowest BCUT2D eigenvalue weighted by Crippen LogP contribution is -2.04. The second-order valence-electron chi connectivity index (χ2n) is 4.22. The summed E-state index contributed by atoms with van der Waals surface area (Å²) in [6, 6.07) is 4.00. The minimum atomic E-state index is -0.316. The van der Waals surface area contributed by atoms with Crippen molar-refractivity contribution in [3.63, 3.8) is 0 Å². The molecule has 0 aliphatic rings. The average molecular weight is 232 g/mol. The van der Waals surface area contributed by atoms with Gasteiger partial charge in [-0.3, -0.25) is 0 Å². The van der Waals surface area contributed by atoms with Crippen LogP contribution in [-0.2, 0) is 4.74 Å². The van der Waals surface area contributed by atoms with Crippen molar-refractivity contribution in [3.05, 3.63) is 35.7 Å². The number of aromatic nitrogens is 2. The average Bonchev–Trinajstić information content (AvgIpc) is 2.71. The number of esters is 1. The molecule has 2 aromatic rings. The van der Waals surface area contributed by atoms with Crippen LogP contribution in [0.15, 0.2) is 24.5 Å². The zero-order valence-electron chi connectivity index (χ0n) is 10.3. The molecule has 0 N–H and O–H groups in total. The Bertz CT molecular complexity index is 543. The van der Waals surface area contributed by atoms with Crippen molar-refractivity contribution in [2.45, 2.75) is 26.7 Å². The number of hydrogen-bond acceptors (Lipinski definition) is 3. The van der Waals surface area contributed by atoms with Gasteiger partial charge in [0.1, 0.15) is 5.56 Å². The van der Waals surface area contributed by atoms with E-state index in [9.17, 15) is 4.79 Å². The smallest absolute Gasteiger partial charge is 0.341 e. The number of hydrogen-bond donors (Lipinski definition) is 0. The van der Waals surface area contributed by atoms with E-state index in [0.717, 1.165) is 5.52 Å². The highest BCUT2D eigenvalue weighted by Gasteiger charge is 2.14. The molecule has 4 heteroatoms. The molecule has 0 atom stereocenters. The Hall–Kier alpha value is -1.84. The number of fused-ring (bicyclic) bond motifs is 1. The monoisotopic (exact) mass is 232 g/mol. The van der Waals surface area contributed by atoms with Gasteiger partial charge in [0, 0.05) is 6.20 Å². The number of ether oxygens (including phenoxy) is 1. The number of pyridine rings is 1. The van der Waals surface area contributed by atoms with E-state index in [1.165, 1.54) is 5.56 Å². The number of nitrogens with zero attached hydrogens (tertiary/aromatic N) is 2. The summed E-state index contributed by atoms with van der Waals surface area (Å²) < 4.78 is 6.70. The molecule has 0 aromatic carbocycles. The standard InChI is InChI=1S/C13H16N2O2/c1-4-17-13(16)11-8-14-15-6-5-10(9(2)3)7-12(11)15/h5-9H,4H2,1-3H3. The van der Waals surface area contributed by atoms with Crippen LogP contribution < -0.4 is 0 Å². The summed E-state index contributed by atoms with van der Waals surface area (Å²) in [4.78, 5) is 11.7. The molecule has 0 bridgehead atoms. The summed E-state index contributed by atoms with van der Waals surface area (Å²) >= 11 is 0. The number of carbonyl (C=O) groups is 1. The zero-order valence-corrected chi connectivity index (χ0v) is 10.3. The van der Waals surface area contributed by atoms with Crippen LogP contribution in [-0.4, -0.2) is 22.2 Å². The van der Waals surface area contributed by atoms with Crippen LogP contribution >= 0.6 is 0 Å². The van der Waals surface area contributed by atoms with E-state index in [1.54, 1.807) is 17.6 Å². The molecule has 0 aliphatic carbocycles. The van der Waals surface area contributed by atoms with Gasteiger partial charge in [-0.05, 0) is 30.5 Å². The minimum Gasteiger partial charge on any atom is -0.462 e. The van der Waals surface area contributed by atoms with Gasteiger partial charge in [0.15, 0.2) is 0 Å². The van der Waals surface area contributed by atoms with Crippen molar-refractivity contribution in [1.29, 1.82) is 0 Å². The van der Waals surface area contributed by atoms with Crippen LogP contribution in [0, 0.1) is 0 Å². The van der Waals surface area contributed by atoms with E-state index in [1.807, 2.05) is 18.3 Å². The third-order valence-electron chi connectivity index (χ3n) is 2.71. The van der Waals surface area contributed by atoms with E-state index in [-0.39, 0.29) is 5.97 Å². The molecule has 0 amide bonds. The van der Waals surface area contributed by atoms with E-state index in [4.69, 9.17) is 4.74 Å². The highest BCUT2D eigenvalue weighted by Crippen LogP contribution is 2.19. The maximum absolute atomic E-state index is 11.7. The Labute approximate surface area is 100 Å². The van der Waals surface area contributed by atoms with Gasteiger partial charge < -0.3 is 4.74 Å². The summed E-state index contributed by atoms with van der Waals surface area (Å²) in [6.45, 7) is 6.40. The van der Waals surface area contributed by atoms with Gasteiger partial charge in [0.05, 0.1) is 18.3 Å². The summed E-state index contributed by atoms with van der Waals surface area (Å²) in [6.07, 6.45) is 3.42. The summed E-state index contributed by atoms with van der Waals surface area (Å²) in [5.74, 6) is 0.105. The lowest BCUT2D eigenvalue weighted by atomic mass is 10.0. The topological polar surface area (TPSA) is 43.6 Å². The Kier molecular flexibility index (Phi) is 3.13. The van der Waals surface area contributed by atoms with Gasteiger partial charge in [-0.1, -0.05) is 13.8 Å². The fourth-order valence-electron chi connectivity index (χ4n) is 1.72. The van der Waals surface area contributed by atoms with Crippen molar-refractivity contribution in [2.75, 3.05) is 6.61 Å². The quantitative estimate of drug-likeness (QED) is 0.764. The second kappa shape index (κ2) is 4.57. The Balaban J connectivity index is 2.50. The maximum Gasteiger partial charge on any atom is 0.341 e. The van der Waals surface area contributed by atoms with Crippen LogP contribution in [0.4, 0.5) is 0 Å². The molecule has 0 saturated heterocycles. The molecule has 0 fully saturated rings. The molecular weight excluding hydrogens is 216 g/mol. The first-order valence-corrected chi connectivity index (χ1v) is 5.78. The van der Waals surface area contributed by atoms with Crippen LogP contribution in [0.3, 0.4) is 0 Å². The largest absolute Gasteiger partial charge is 0.462 e. The SMILES string of the molecule is CCOC(=O)c1cnn2ccc(C(C)C)cc12. The molecule has 2 aromatic heterocycles. The van der Waals surface area contributed by atoms with Crippen LogP contribution in [0.25, 0.3) is 5.52 Å². The third kappa shape index (κ3) is 2.16. The molecule has 0 aliphatic heterocycles. The Morgan fingerprint density at radius 3 is 2.94 bits per heavy atom. The van der Waals surface area contributed by atoms with Gasteiger partial charge >= 0.3 is 5.97 Å². The van der Waals surface area contributed by atoms with Crippen LogP contribution in [0.2, 0.25) is 0 Å². The first-order chi connectivity index (χ1) is 8.13. The number of rotatable bonds is 3. The number of carbonyl (C=O) groups excluding carboxylic acids is 1. The maximum atomic E-state index is 11.7. The predicted molar refractivity (Wildman–Crippen MR) is 65.2 cm³/mol. The van der Waals surface area contributed by atoms with Gasteiger partial charge in [0.25, 0.3) is 0 Å². The molecule has 0 saturated carbocycles. The highest BCUT2D eigenvalue weighted by molar-refractivity contribution is 5.96. The zero-order chi connectivity index (χ0) is 12.4. The molecule has 17 heavy (non-hydrogen) atoms. The highest BCUT2D eigenvalue weighted by atomic mass is 16.5. The molecule has 2 rings (SSSR count). The van der Waals surface area contributed by atoms with Crippen LogP contribution in [0.5, 0.6) is 0 Å². The van der Waals surface area contributed by atoms with Gasteiger partial charge in [0.2, 0.25) is 0 Å². The molecule has 4 nitrogen and oxygen atoms in total. The minimum absolute atomic E-state index is 0.316. The van der Waals surface area contributed by atoms with E-state index < -0.39 is 0 Å². The van der Waals surface area contributed by atoms with Crippen molar-refractivity contribution >= 4 is 11.5 Å². The van der Waals surface area contributed by atoms with Crippen LogP contribution in [0.1, 0.15) is 42.6 Å². The Morgan fingerprint density at radius 2 is 2.29 bits per heavy atom. The van der Waals surface area contributed by atoms with E-state index in [2.05, 4.69) is 18.9 Å². The summed E-state index contributed by atoms with van der Waals surface area (Å²) in [5, 5.41) is 4.14.